The van der Waals surface area contributed by atoms with E-state index >= 15 is 0 Å². The van der Waals surface area contributed by atoms with E-state index in [9.17, 15) is 18.0 Å². The van der Waals surface area contributed by atoms with Crippen molar-refractivity contribution in [3.05, 3.63) is 57.7 Å². The second-order valence-corrected chi connectivity index (χ2v) is 14.2. The first-order chi connectivity index (χ1) is 20.1. The van der Waals surface area contributed by atoms with Crippen LogP contribution in [0.3, 0.4) is 0 Å². The van der Waals surface area contributed by atoms with Crippen LogP contribution >= 0.6 is 0 Å². The molecular formula is C29H39N7O6S. The molecule has 2 aliphatic rings. The third-order valence-electron chi connectivity index (χ3n) is 7.58. The Kier molecular flexibility index (Phi) is 7.80. The van der Waals surface area contributed by atoms with Crippen molar-refractivity contribution in [3.63, 3.8) is 0 Å². The average molecular weight is 614 g/mol. The number of carbonyl (C=O) groups excluding carboxylic acids is 1. The highest BCUT2D eigenvalue weighted by Crippen LogP contribution is 2.37. The molecule has 1 aliphatic heterocycles. The minimum Gasteiger partial charge on any atom is -0.444 e. The number of ether oxygens (including phenoxy) is 1. The van der Waals surface area contributed by atoms with Gasteiger partial charge in [-0.05, 0) is 76.7 Å². The molecule has 1 fully saturated rings. The molecule has 1 aliphatic carbocycles. The van der Waals surface area contributed by atoms with E-state index in [4.69, 9.17) is 9.57 Å². The molecule has 1 amide bonds. The van der Waals surface area contributed by atoms with Crippen molar-refractivity contribution in [2.24, 2.45) is 12.2 Å². The molecule has 14 heteroatoms. The summed E-state index contributed by atoms with van der Waals surface area (Å²) in [6, 6.07) is 2.64. The molecule has 1 saturated carbocycles. The standard InChI is InChI=1S/C29H39N7O6S/c1-18-12-20(8-11-35(18)27(38)42-28(2,3)4)22-13-21(43(39,40)33-29(5)9-10-29)14-23-24(22)31-26(32-41-7)36(25(23)37)17-19-15-30-34(6)16-19/h12-16,18,33H,8-11,17H2,1-7H3,(H,31,32)/t18-/m1/s1. The zero-order valence-electron chi connectivity index (χ0n) is 25.6. The van der Waals surface area contributed by atoms with Gasteiger partial charge in [-0.25, -0.2) is 17.9 Å². The summed E-state index contributed by atoms with van der Waals surface area (Å²) in [5.74, 6) is 0. The number of carbonyl (C=O) groups is 1. The Balaban J connectivity index is 1.69. The van der Waals surface area contributed by atoms with Crippen LogP contribution in [0, 0.1) is 0 Å². The first kappa shape index (κ1) is 30.5. The lowest BCUT2D eigenvalue weighted by molar-refractivity contribution is 0.0209. The predicted molar refractivity (Wildman–Crippen MR) is 160 cm³/mol. The zero-order chi connectivity index (χ0) is 31.3. The number of hydrogen-bond acceptors (Lipinski definition) is 8. The number of rotatable bonds is 7. The molecule has 2 aromatic heterocycles. The summed E-state index contributed by atoms with van der Waals surface area (Å²) in [5, 5.41) is 8.45. The monoisotopic (exact) mass is 613 g/mol. The van der Waals surface area contributed by atoms with Crippen molar-refractivity contribution in [3.8, 4) is 0 Å². The summed E-state index contributed by atoms with van der Waals surface area (Å²) < 4.78 is 38.6. The highest BCUT2D eigenvalue weighted by molar-refractivity contribution is 7.89. The molecule has 2 N–H and O–H groups in total. The number of fused-ring (bicyclic) bond motifs is 1. The highest BCUT2D eigenvalue weighted by Gasteiger charge is 2.41. The van der Waals surface area contributed by atoms with E-state index in [1.807, 2.05) is 40.7 Å². The molecule has 0 radical (unpaired) electrons. The zero-order valence-corrected chi connectivity index (χ0v) is 26.4. The van der Waals surface area contributed by atoms with Gasteiger partial charge in [0.2, 0.25) is 15.6 Å². The molecule has 5 rings (SSSR count). The normalized spacial score (nSPS) is 19.0. The third kappa shape index (κ3) is 6.54. The summed E-state index contributed by atoms with van der Waals surface area (Å²) in [7, 11) is -0.797. The van der Waals surface area contributed by atoms with Crippen LogP contribution in [0.4, 0.5) is 4.79 Å². The lowest BCUT2D eigenvalue weighted by Gasteiger charge is -2.34. The maximum Gasteiger partial charge on any atom is 0.410 e. The lowest BCUT2D eigenvalue weighted by atomic mass is 9.94. The Labute approximate surface area is 250 Å². The molecule has 1 atom stereocenters. The Bertz CT molecular complexity index is 1840. The maximum absolute atomic E-state index is 14.1. The van der Waals surface area contributed by atoms with Crippen molar-refractivity contribution < 1.29 is 22.8 Å². The minimum absolute atomic E-state index is 0.0129. The summed E-state index contributed by atoms with van der Waals surface area (Å²) in [5.41, 5.74) is 1.06. The number of sulfonamides is 1. The van der Waals surface area contributed by atoms with Crippen LogP contribution in [-0.2, 0) is 33.2 Å². The molecule has 13 nitrogen and oxygen atoms in total. The fourth-order valence-electron chi connectivity index (χ4n) is 5.17. The summed E-state index contributed by atoms with van der Waals surface area (Å²) in [4.78, 5) is 36.9. The van der Waals surface area contributed by atoms with Gasteiger partial charge >= 0.3 is 6.09 Å². The Morgan fingerprint density at radius 2 is 2.00 bits per heavy atom. The van der Waals surface area contributed by atoms with Crippen molar-refractivity contribution in [1.29, 1.82) is 0 Å². The molecule has 232 valence electrons. The van der Waals surface area contributed by atoms with Gasteiger partial charge in [-0.3, -0.25) is 14.0 Å². The van der Waals surface area contributed by atoms with Gasteiger partial charge in [-0.2, -0.15) is 5.10 Å². The van der Waals surface area contributed by atoms with Crippen molar-refractivity contribution in [2.45, 2.75) is 82.5 Å². The van der Waals surface area contributed by atoms with Gasteiger partial charge in [0, 0.05) is 36.5 Å². The second kappa shape index (κ2) is 11.0. The number of nitrogens with zero attached hydrogens (tertiary/aromatic N) is 5. The Morgan fingerprint density at radius 1 is 1.28 bits per heavy atom. The SMILES string of the molecule is CO/N=c1\[nH]c2c(C3=C[C@@H](C)N(C(=O)OC(C)(C)C)CC3)cc(S(=O)(=O)NC3(C)CC3)cc2c(=O)n1Cc1cnn(C)c1. The number of benzene rings is 1. The lowest BCUT2D eigenvalue weighted by Crippen LogP contribution is -2.43. The Morgan fingerprint density at radius 3 is 2.58 bits per heavy atom. The van der Waals surface area contributed by atoms with Crippen LogP contribution in [-0.4, -0.2) is 69.6 Å². The van der Waals surface area contributed by atoms with Crippen molar-refractivity contribution >= 4 is 32.6 Å². The van der Waals surface area contributed by atoms with Crippen LogP contribution in [0.15, 0.2) is 45.4 Å². The third-order valence-corrected chi connectivity index (χ3v) is 9.20. The van der Waals surface area contributed by atoms with E-state index in [0.717, 1.165) is 24.0 Å². The first-order valence-corrected chi connectivity index (χ1v) is 15.7. The fraction of sp³-hybridized carbons (Fsp3) is 0.517. The van der Waals surface area contributed by atoms with E-state index in [1.165, 1.54) is 17.7 Å². The number of aromatic amines is 1. The highest BCUT2D eigenvalue weighted by atomic mass is 32.2. The van der Waals surface area contributed by atoms with Gasteiger partial charge in [0.05, 0.1) is 34.6 Å². The van der Waals surface area contributed by atoms with Crippen molar-refractivity contribution in [1.82, 2.24) is 29.0 Å². The van der Waals surface area contributed by atoms with Gasteiger partial charge in [0.25, 0.3) is 5.56 Å². The predicted octanol–water partition coefficient (Wildman–Crippen LogP) is 2.82. The van der Waals surface area contributed by atoms with Crippen LogP contribution in [0.25, 0.3) is 16.5 Å². The van der Waals surface area contributed by atoms with Gasteiger partial charge < -0.3 is 19.5 Å². The number of nitrogens with one attached hydrogen (secondary N) is 2. The molecule has 0 spiro atoms. The largest absolute Gasteiger partial charge is 0.444 e. The number of amides is 1. The van der Waals surface area contributed by atoms with Crippen LogP contribution in [0.5, 0.6) is 0 Å². The van der Waals surface area contributed by atoms with E-state index < -0.39 is 32.8 Å². The number of hydrogen-bond donors (Lipinski definition) is 2. The average Bonchev–Trinajstić information content (AvgIpc) is 3.47. The van der Waals surface area contributed by atoms with Gasteiger partial charge in [0.1, 0.15) is 12.7 Å². The van der Waals surface area contributed by atoms with Crippen LogP contribution in [0.1, 0.15) is 65.0 Å². The van der Waals surface area contributed by atoms with E-state index in [0.29, 0.717) is 24.0 Å². The van der Waals surface area contributed by atoms with E-state index in [-0.39, 0.29) is 28.5 Å². The maximum atomic E-state index is 14.1. The van der Waals surface area contributed by atoms with E-state index in [1.54, 1.807) is 35.1 Å². The molecule has 1 aromatic carbocycles. The first-order valence-electron chi connectivity index (χ1n) is 14.2. The molecule has 3 aromatic rings. The molecule has 0 bridgehead atoms. The van der Waals surface area contributed by atoms with Gasteiger partial charge in [-0.15, -0.1) is 0 Å². The number of H-pyrrole nitrogens is 1. The summed E-state index contributed by atoms with van der Waals surface area (Å²) in [6.45, 7) is 9.66. The van der Waals surface area contributed by atoms with Crippen LogP contribution < -0.4 is 15.9 Å². The quantitative estimate of drug-likeness (QED) is 0.389. The van der Waals surface area contributed by atoms with E-state index in [2.05, 4.69) is 20.0 Å². The molecule has 3 heterocycles. The topological polar surface area (TPSA) is 153 Å². The number of aryl methyl sites for hydroxylation is 1. The molecule has 43 heavy (non-hydrogen) atoms. The summed E-state index contributed by atoms with van der Waals surface area (Å²) >= 11 is 0. The number of aromatic nitrogens is 4. The van der Waals surface area contributed by atoms with Gasteiger partial charge in [0.15, 0.2) is 0 Å². The fourth-order valence-corrected chi connectivity index (χ4v) is 6.69. The minimum atomic E-state index is -3.96. The smallest absolute Gasteiger partial charge is 0.410 e. The second-order valence-electron chi connectivity index (χ2n) is 12.6. The van der Waals surface area contributed by atoms with Crippen LogP contribution in [0.2, 0.25) is 0 Å². The molecule has 0 unspecified atom stereocenters. The van der Waals surface area contributed by atoms with Gasteiger partial charge in [-0.1, -0.05) is 6.08 Å². The Hall–Kier alpha value is -3.91. The molecular weight excluding hydrogens is 574 g/mol. The summed E-state index contributed by atoms with van der Waals surface area (Å²) in [6.07, 6.45) is 6.79. The van der Waals surface area contributed by atoms with Crippen molar-refractivity contribution in [2.75, 3.05) is 13.7 Å². The molecule has 0 saturated heterocycles.